The Labute approximate surface area is 336 Å². The Balaban J connectivity index is 1.16. The molecule has 4 heterocycles. The molecular formula is C39H51FN8O9S. The quantitative estimate of drug-likeness (QED) is 0.329. The van der Waals surface area contributed by atoms with E-state index in [0.717, 1.165) is 61.9 Å². The van der Waals surface area contributed by atoms with Crippen LogP contribution in [0.1, 0.15) is 88.3 Å². The zero-order valence-corrected chi connectivity index (χ0v) is 33.4. The Morgan fingerprint density at radius 1 is 1.02 bits per heavy atom. The van der Waals surface area contributed by atoms with Crippen LogP contribution in [0.4, 0.5) is 19.7 Å². The van der Waals surface area contributed by atoms with Gasteiger partial charge in [0.15, 0.2) is 0 Å². The summed E-state index contributed by atoms with van der Waals surface area (Å²) < 4.78 is 57.1. The fraction of sp³-hybridized carbons (Fsp3) is 0.590. The molecule has 1 saturated heterocycles. The Kier molecular flexibility index (Phi) is 12.0. The number of amides is 5. The second kappa shape index (κ2) is 17.0. The third kappa shape index (κ3) is 8.78. The van der Waals surface area contributed by atoms with Crippen molar-refractivity contribution in [1.82, 2.24) is 34.9 Å². The van der Waals surface area contributed by atoms with Crippen molar-refractivity contribution in [1.29, 1.82) is 0 Å². The van der Waals surface area contributed by atoms with Crippen molar-refractivity contribution in [2.45, 2.75) is 125 Å². The summed E-state index contributed by atoms with van der Waals surface area (Å²) in [5.74, 6) is -3.95. The zero-order chi connectivity index (χ0) is 41.2. The Hall–Kier alpha value is -5.20. The first-order valence-electron chi connectivity index (χ1n) is 20.1. The first-order chi connectivity index (χ1) is 27.8. The molecule has 1 spiro atoms. The number of nitrogens with zero attached hydrogens (tertiary/aromatic N) is 4. The monoisotopic (exact) mass is 826 g/mol. The van der Waals surface area contributed by atoms with Crippen LogP contribution >= 0.6 is 0 Å². The second-order valence-corrected chi connectivity index (χ2v) is 17.6. The molecule has 0 unspecified atom stereocenters. The maximum absolute atomic E-state index is 14.6. The number of rotatable bonds is 4. The van der Waals surface area contributed by atoms with Crippen molar-refractivity contribution in [3.05, 3.63) is 54.1 Å². The number of benzene rings is 1. The summed E-state index contributed by atoms with van der Waals surface area (Å²) in [5.41, 5.74) is 0.0690. The summed E-state index contributed by atoms with van der Waals surface area (Å²) in [5, 5.41) is 12.7. The van der Waals surface area contributed by atoms with Crippen molar-refractivity contribution in [2.75, 3.05) is 18.4 Å². The largest absolute Gasteiger partial charge is 0.446 e. The van der Waals surface area contributed by atoms with Gasteiger partial charge in [-0.25, -0.2) is 27.1 Å². The molecule has 5 aliphatic rings. The van der Waals surface area contributed by atoms with Gasteiger partial charge in [-0.2, -0.15) is 5.10 Å². The molecule has 0 bridgehead atoms. The van der Waals surface area contributed by atoms with Crippen molar-refractivity contribution >= 4 is 45.6 Å². The van der Waals surface area contributed by atoms with Crippen LogP contribution in [0.2, 0.25) is 0 Å². The van der Waals surface area contributed by atoms with E-state index in [0.29, 0.717) is 25.8 Å². The van der Waals surface area contributed by atoms with E-state index < -0.39 is 80.3 Å². The highest BCUT2D eigenvalue weighted by Crippen LogP contribution is 2.45. The zero-order valence-electron chi connectivity index (χ0n) is 32.5. The minimum Gasteiger partial charge on any atom is -0.446 e. The third-order valence-corrected chi connectivity index (χ3v) is 13.3. The van der Waals surface area contributed by atoms with E-state index >= 15 is 0 Å². The summed E-state index contributed by atoms with van der Waals surface area (Å²) in [4.78, 5) is 71.8. The van der Waals surface area contributed by atoms with Gasteiger partial charge in [0.05, 0.1) is 37.2 Å². The fourth-order valence-electron chi connectivity index (χ4n) is 8.50. The average Bonchev–Trinajstić information content (AvgIpc) is 3.71. The Morgan fingerprint density at radius 3 is 2.50 bits per heavy atom. The SMILES string of the molecule is C=C[C@@H]1C[C@@]12NC(=O)[C@@H]1C[C@@H](OC(=O)N3Cc4cnn(C)c4C3)CN1C(=O)[C@@H](NC(=O)OC1CCCC1)CCCCCCCNc1ccc(F)cc1S(=O)(=O)NC2=O. The van der Waals surface area contributed by atoms with Crippen molar-refractivity contribution in [3.8, 4) is 0 Å². The van der Waals surface area contributed by atoms with Gasteiger partial charge in [0.25, 0.3) is 15.9 Å². The van der Waals surface area contributed by atoms with E-state index in [2.05, 4.69) is 27.6 Å². The van der Waals surface area contributed by atoms with Crippen LogP contribution in [0.25, 0.3) is 0 Å². The Morgan fingerprint density at radius 2 is 1.76 bits per heavy atom. The minimum atomic E-state index is -4.66. The van der Waals surface area contributed by atoms with E-state index in [-0.39, 0.29) is 50.7 Å². The van der Waals surface area contributed by atoms with Crippen LogP contribution in [0.5, 0.6) is 0 Å². The number of carbonyl (C=O) groups is 5. The van der Waals surface area contributed by atoms with Crippen LogP contribution < -0.4 is 20.7 Å². The summed E-state index contributed by atoms with van der Waals surface area (Å²) in [7, 11) is -2.88. The van der Waals surface area contributed by atoms with Crippen molar-refractivity contribution in [3.63, 3.8) is 0 Å². The molecule has 58 heavy (non-hydrogen) atoms. The smallest absolute Gasteiger partial charge is 0.410 e. The molecule has 314 valence electrons. The molecule has 3 fully saturated rings. The molecule has 19 heteroatoms. The fourth-order valence-corrected chi connectivity index (χ4v) is 9.73. The average molecular weight is 827 g/mol. The summed E-state index contributed by atoms with van der Waals surface area (Å²) >= 11 is 0. The number of alkyl carbamates (subject to hydrolysis) is 1. The maximum Gasteiger partial charge on any atom is 0.410 e. The molecule has 2 aromatic rings. The number of carbonyl (C=O) groups excluding carboxylic acids is 5. The van der Waals surface area contributed by atoms with Gasteiger partial charge >= 0.3 is 12.2 Å². The van der Waals surface area contributed by atoms with Crippen LogP contribution in [0.3, 0.4) is 0 Å². The van der Waals surface area contributed by atoms with E-state index in [1.807, 2.05) is 4.72 Å². The van der Waals surface area contributed by atoms with Crippen LogP contribution in [-0.2, 0) is 54.0 Å². The first kappa shape index (κ1) is 41.0. The van der Waals surface area contributed by atoms with Gasteiger partial charge in [0.1, 0.15) is 40.5 Å². The molecule has 2 aliphatic carbocycles. The molecule has 4 N–H and O–H groups in total. The lowest BCUT2D eigenvalue weighted by Gasteiger charge is -2.30. The van der Waals surface area contributed by atoms with Gasteiger partial charge in [0, 0.05) is 31.5 Å². The van der Waals surface area contributed by atoms with Crippen molar-refractivity contribution in [2.24, 2.45) is 13.0 Å². The van der Waals surface area contributed by atoms with Gasteiger partial charge in [-0.1, -0.05) is 31.8 Å². The van der Waals surface area contributed by atoms with Gasteiger partial charge in [-0.15, -0.1) is 6.58 Å². The molecule has 7 rings (SSSR count). The van der Waals surface area contributed by atoms with E-state index in [4.69, 9.17) is 9.47 Å². The number of nitrogens with one attached hydrogen (secondary N) is 4. The standard InChI is InChI=1S/C39H51FN8O9S/c1-3-25-19-39(25)36(51)45-58(54,55)33-17-26(40)14-15-29(33)41-16-10-6-4-5-7-13-30(43-37(52)56-27-11-8-9-12-27)35(50)48-22-28(18-31(48)34(49)44-39)57-38(53)47-21-24-20-42-46(2)32(24)23-47/h3,14-15,17,20,25,27-28,30-31,41H,1,4-13,16,18-19,21-23H2,2H3,(H,43,52)(H,44,49)(H,45,51)/t25-,28-,30+,31+,39-/m1/s1. The van der Waals surface area contributed by atoms with Crippen molar-refractivity contribution < 1.29 is 46.3 Å². The predicted molar refractivity (Wildman–Crippen MR) is 206 cm³/mol. The molecule has 5 atom stereocenters. The highest BCUT2D eigenvalue weighted by molar-refractivity contribution is 7.90. The number of sulfonamides is 1. The number of aryl methyl sites for hydroxylation is 1. The van der Waals surface area contributed by atoms with Crippen LogP contribution in [0.15, 0.2) is 41.9 Å². The van der Waals surface area contributed by atoms with Crippen LogP contribution in [0, 0.1) is 11.7 Å². The van der Waals surface area contributed by atoms with E-state index in [1.54, 1.807) is 17.9 Å². The van der Waals surface area contributed by atoms with E-state index in [9.17, 15) is 36.8 Å². The molecule has 2 saturated carbocycles. The molecule has 17 nitrogen and oxygen atoms in total. The van der Waals surface area contributed by atoms with E-state index in [1.165, 1.54) is 21.9 Å². The van der Waals surface area contributed by atoms with Crippen LogP contribution in [-0.4, -0.2) is 101 Å². The molecule has 0 radical (unpaired) electrons. The van der Waals surface area contributed by atoms with Gasteiger partial charge in [-0.05, 0) is 63.1 Å². The number of hydrogen-bond acceptors (Lipinski definition) is 11. The first-order valence-corrected chi connectivity index (χ1v) is 21.5. The van der Waals surface area contributed by atoms with Gasteiger partial charge in [0.2, 0.25) is 11.8 Å². The summed E-state index contributed by atoms with van der Waals surface area (Å²) in [6.07, 6.45) is 7.33. The summed E-state index contributed by atoms with van der Waals surface area (Å²) in [6.45, 7) is 4.46. The number of hydrogen-bond donors (Lipinski definition) is 4. The lowest BCUT2D eigenvalue weighted by molar-refractivity contribution is -0.141. The molecule has 1 aromatic heterocycles. The number of halogens is 1. The normalized spacial score (nSPS) is 28.0. The lowest BCUT2D eigenvalue weighted by atomic mass is 10.0. The predicted octanol–water partition coefficient (Wildman–Crippen LogP) is 3.35. The highest BCUT2D eigenvalue weighted by atomic mass is 32.2. The number of ether oxygens (including phenoxy) is 2. The number of fused-ring (bicyclic) bond motifs is 3. The van der Waals surface area contributed by atoms with Gasteiger partial charge < -0.3 is 30.3 Å². The molecular weight excluding hydrogens is 776 g/mol. The molecule has 5 amide bonds. The van der Waals surface area contributed by atoms with Gasteiger partial charge in [-0.3, -0.25) is 24.0 Å². The maximum atomic E-state index is 14.6. The minimum absolute atomic E-state index is 0.00149. The summed E-state index contributed by atoms with van der Waals surface area (Å²) in [6, 6.07) is 0.876. The topological polar surface area (TPSA) is 210 Å². The Bertz CT molecular complexity index is 2060. The number of anilines is 1. The molecule has 3 aliphatic heterocycles. The second-order valence-electron chi connectivity index (χ2n) is 15.9. The molecule has 1 aromatic carbocycles. The third-order valence-electron chi connectivity index (χ3n) is 11.9. The highest BCUT2D eigenvalue weighted by Gasteiger charge is 2.61. The lowest BCUT2D eigenvalue weighted by Crippen LogP contribution is -2.58. The number of aromatic nitrogens is 2.